The van der Waals surface area contributed by atoms with Crippen LogP contribution in [-0.2, 0) is 9.59 Å². The zero-order valence-corrected chi connectivity index (χ0v) is 18.0. The summed E-state index contributed by atoms with van der Waals surface area (Å²) in [7, 11) is 0. The lowest BCUT2D eigenvalue weighted by molar-refractivity contribution is -0.118. The molecule has 2 N–H and O–H groups in total. The second kappa shape index (κ2) is 9.70. The number of nitrogens with zero attached hydrogens (tertiary/aromatic N) is 2. The molecule has 7 nitrogen and oxygen atoms in total. The first-order valence-corrected chi connectivity index (χ1v) is 11.5. The predicted molar refractivity (Wildman–Crippen MR) is 122 cm³/mol. The lowest BCUT2D eigenvalue weighted by Gasteiger charge is -2.07. The fourth-order valence-corrected chi connectivity index (χ4v) is 4.93. The summed E-state index contributed by atoms with van der Waals surface area (Å²) < 4.78 is 7.17. The number of benzene rings is 2. The molecule has 152 valence electrons. The van der Waals surface area contributed by atoms with Gasteiger partial charge >= 0.3 is 0 Å². The van der Waals surface area contributed by atoms with Crippen LogP contribution in [0.25, 0.3) is 10.2 Å². The van der Waals surface area contributed by atoms with Crippen molar-refractivity contribution in [3.05, 3.63) is 60.1 Å². The summed E-state index contributed by atoms with van der Waals surface area (Å²) in [6, 6.07) is 14.7. The molecule has 30 heavy (non-hydrogen) atoms. The van der Waals surface area contributed by atoms with Gasteiger partial charge in [-0.25, -0.2) is 9.97 Å². The van der Waals surface area contributed by atoms with Gasteiger partial charge < -0.3 is 15.4 Å². The van der Waals surface area contributed by atoms with Crippen LogP contribution < -0.4 is 15.4 Å². The fourth-order valence-electron chi connectivity index (χ4n) is 2.47. The number of nitrogens with one attached hydrogen (secondary N) is 2. The Kier molecular flexibility index (Phi) is 6.57. The largest absolute Gasteiger partial charge is 0.484 e. The number of ether oxygens (including phenoxy) is 1. The van der Waals surface area contributed by atoms with E-state index in [1.54, 1.807) is 29.8 Å². The van der Waals surface area contributed by atoms with E-state index in [4.69, 9.17) is 4.74 Å². The van der Waals surface area contributed by atoms with Crippen molar-refractivity contribution in [3.63, 3.8) is 0 Å². The van der Waals surface area contributed by atoms with Gasteiger partial charge in [0.05, 0.1) is 16.0 Å². The number of anilines is 2. The average molecular weight is 457 g/mol. The normalized spacial score (nSPS) is 10.7. The van der Waals surface area contributed by atoms with Crippen LogP contribution in [0.3, 0.4) is 0 Å². The molecule has 2 heterocycles. The second-order valence-electron chi connectivity index (χ2n) is 5.99. The van der Waals surface area contributed by atoms with Crippen LogP contribution in [0.5, 0.6) is 5.75 Å². The quantitative estimate of drug-likeness (QED) is 0.379. The van der Waals surface area contributed by atoms with Gasteiger partial charge in [0, 0.05) is 17.3 Å². The summed E-state index contributed by atoms with van der Waals surface area (Å²) in [6.45, 7) is -0.0694. The Hall–Kier alpha value is -2.95. The third-order valence-electron chi connectivity index (χ3n) is 3.77. The van der Waals surface area contributed by atoms with Crippen LogP contribution in [-0.4, -0.2) is 34.1 Å². The zero-order chi connectivity index (χ0) is 20.8. The zero-order valence-electron chi connectivity index (χ0n) is 15.5. The molecule has 2 amide bonds. The monoisotopic (exact) mass is 456 g/mol. The van der Waals surface area contributed by atoms with Gasteiger partial charge in [0.15, 0.2) is 16.1 Å². The van der Waals surface area contributed by atoms with Crippen molar-refractivity contribution in [2.45, 2.75) is 4.34 Å². The van der Waals surface area contributed by atoms with Crippen molar-refractivity contribution in [1.82, 2.24) is 9.97 Å². The number of thiazole rings is 2. The smallest absolute Gasteiger partial charge is 0.262 e. The molecule has 0 fully saturated rings. The lowest BCUT2D eigenvalue weighted by atomic mass is 10.3. The summed E-state index contributed by atoms with van der Waals surface area (Å²) in [5.74, 6) is 0.530. The van der Waals surface area contributed by atoms with Gasteiger partial charge in [-0.05, 0) is 30.3 Å². The maximum absolute atomic E-state index is 12.1. The number of amides is 2. The highest BCUT2D eigenvalue weighted by atomic mass is 32.2. The van der Waals surface area contributed by atoms with Crippen LogP contribution in [0, 0.1) is 0 Å². The highest BCUT2D eigenvalue weighted by Gasteiger charge is 2.11. The van der Waals surface area contributed by atoms with E-state index in [9.17, 15) is 9.59 Å². The molecule has 0 atom stereocenters. The first kappa shape index (κ1) is 20.3. The van der Waals surface area contributed by atoms with Crippen molar-refractivity contribution >= 4 is 67.3 Å². The van der Waals surface area contributed by atoms with Crippen LogP contribution in [0.15, 0.2) is 64.4 Å². The topological polar surface area (TPSA) is 93.2 Å². The van der Waals surface area contributed by atoms with Crippen molar-refractivity contribution in [2.75, 3.05) is 23.0 Å². The molecule has 2 aromatic carbocycles. The van der Waals surface area contributed by atoms with Gasteiger partial charge in [0.1, 0.15) is 5.75 Å². The number of para-hydroxylation sites is 1. The molecule has 0 saturated carbocycles. The maximum atomic E-state index is 12.1. The van der Waals surface area contributed by atoms with E-state index in [2.05, 4.69) is 20.6 Å². The Morgan fingerprint density at radius 1 is 1.07 bits per heavy atom. The highest BCUT2D eigenvalue weighted by Crippen LogP contribution is 2.31. The summed E-state index contributed by atoms with van der Waals surface area (Å²) in [6.07, 6.45) is 1.64. The molecule has 0 bridgehead atoms. The molecule has 0 saturated heterocycles. The minimum absolute atomic E-state index is 0.0694. The number of thioether (sulfide) groups is 1. The first-order chi connectivity index (χ1) is 14.7. The van der Waals surface area contributed by atoms with E-state index < -0.39 is 0 Å². The number of aromatic nitrogens is 2. The standard InChI is InChI=1S/C20H16N4O3S3/c25-17(11-27-14-4-2-1-3-5-14)22-13-6-7-15-16(10-13)30-20(23-15)29-12-18(26)24-19-21-8-9-28-19/h1-10H,11-12H2,(H,22,25)(H,21,24,26). The van der Waals surface area contributed by atoms with Gasteiger partial charge in [-0.3, -0.25) is 9.59 Å². The molecule has 0 aliphatic rings. The Morgan fingerprint density at radius 3 is 2.73 bits per heavy atom. The summed E-state index contributed by atoms with van der Waals surface area (Å²) in [5, 5.41) is 7.96. The second-order valence-corrected chi connectivity index (χ2v) is 9.13. The van der Waals surface area contributed by atoms with Crippen molar-refractivity contribution < 1.29 is 14.3 Å². The van der Waals surface area contributed by atoms with Gasteiger partial charge in [-0.15, -0.1) is 22.7 Å². The molecule has 4 rings (SSSR count). The van der Waals surface area contributed by atoms with Crippen LogP contribution >= 0.6 is 34.4 Å². The SMILES string of the molecule is O=C(COc1ccccc1)Nc1ccc2nc(SCC(=O)Nc3nccs3)sc2c1. The van der Waals surface area contributed by atoms with Gasteiger partial charge in [0.25, 0.3) is 5.91 Å². The van der Waals surface area contributed by atoms with Crippen LogP contribution in [0.1, 0.15) is 0 Å². The molecular weight excluding hydrogens is 440 g/mol. The van der Waals surface area contributed by atoms with E-state index in [1.165, 1.54) is 34.4 Å². The Labute approximate surface area is 184 Å². The Bertz CT molecular complexity index is 1150. The minimum Gasteiger partial charge on any atom is -0.484 e. The fraction of sp³-hybridized carbons (Fsp3) is 0.100. The first-order valence-electron chi connectivity index (χ1n) is 8.86. The molecular formula is C20H16N4O3S3. The number of rotatable bonds is 8. The van der Waals surface area contributed by atoms with Crippen molar-refractivity contribution in [3.8, 4) is 5.75 Å². The molecule has 0 spiro atoms. The summed E-state index contributed by atoms with van der Waals surface area (Å²) >= 11 is 4.22. The Balaban J connectivity index is 1.31. The third kappa shape index (κ3) is 5.56. The van der Waals surface area contributed by atoms with Crippen LogP contribution in [0.2, 0.25) is 0 Å². The summed E-state index contributed by atoms with van der Waals surface area (Å²) in [5.41, 5.74) is 1.49. The van der Waals surface area contributed by atoms with Gasteiger partial charge in [0.2, 0.25) is 5.91 Å². The lowest BCUT2D eigenvalue weighted by Crippen LogP contribution is -2.20. The van der Waals surface area contributed by atoms with Crippen LogP contribution in [0.4, 0.5) is 10.8 Å². The van der Waals surface area contributed by atoms with E-state index >= 15 is 0 Å². The molecule has 0 aliphatic heterocycles. The van der Waals surface area contributed by atoms with Crippen molar-refractivity contribution in [1.29, 1.82) is 0 Å². The third-order valence-corrected chi connectivity index (χ3v) is 6.62. The summed E-state index contributed by atoms with van der Waals surface area (Å²) in [4.78, 5) is 32.7. The minimum atomic E-state index is -0.240. The van der Waals surface area contributed by atoms with Crippen molar-refractivity contribution in [2.24, 2.45) is 0 Å². The molecule has 10 heteroatoms. The molecule has 4 aromatic rings. The number of hydrogen-bond donors (Lipinski definition) is 2. The molecule has 2 aromatic heterocycles. The maximum Gasteiger partial charge on any atom is 0.262 e. The predicted octanol–water partition coefficient (Wildman–Crippen LogP) is 4.50. The number of carbonyl (C=O) groups is 2. The van der Waals surface area contributed by atoms with E-state index in [0.29, 0.717) is 16.6 Å². The number of carbonyl (C=O) groups excluding carboxylic acids is 2. The van der Waals surface area contributed by atoms with E-state index in [1.807, 2.05) is 30.3 Å². The molecule has 0 aliphatic carbocycles. The highest BCUT2D eigenvalue weighted by molar-refractivity contribution is 8.01. The van der Waals surface area contributed by atoms with Gasteiger partial charge in [-0.2, -0.15) is 0 Å². The number of hydrogen-bond acceptors (Lipinski definition) is 8. The molecule has 0 unspecified atom stereocenters. The molecule has 0 radical (unpaired) electrons. The van der Waals surface area contributed by atoms with E-state index in [0.717, 1.165) is 14.6 Å². The van der Waals surface area contributed by atoms with Gasteiger partial charge in [-0.1, -0.05) is 30.0 Å². The number of fused-ring (bicyclic) bond motifs is 1. The van der Waals surface area contributed by atoms with E-state index in [-0.39, 0.29) is 24.2 Å². The Morgan fingerprint density at radius 2 is 1.93 bits per heavy atom. The average Bonchev–Trinajstić information content (AvgIpc) is 3.40.